The van der Waals surface area contributed by atoms with Gasteiger partial charge in [-0.1, -0.05) is 91.0 Å². The van der Waals surface area contributed by atoms with E-state index in [2.05, 4.69) is 113 Å². The standard InChI is InChI=1S/C33H27N3S/c1-34-33(23-12-6-3-7-13-23)35-21-36-29-19-16-24(22-10-4-2-5-11-22)20-28(29)26-17-18-27-25-14-8-9-15-30(25)37-32(27)31(26)36/h2-15,17-18,20-21,33-34H,16,19H2,1H3. The zero-order valence-corrected chi connectivity index (χ0v) is 21.5. The Kier molecular flexibility index (Phi) is 5.49. The summed E-state index contributed by atoms with van der Waals surface area (Å²) in [5.41, 5.74) is 7.80. The van der Waals surface area contributed by atoms with Crippen LogP contribution in [-0.2, 0) is 6.42 Å². The first-order valence-corrected chi connectivity index (χ1v) is 13.6. The van der Waals surface area contributed by atoms with Gasteiger partial charge in [0.15, 0.2) is 0 Å². The number of nitrogens with one attached hydrogen (secondary N) is 1. The van der Waals surface area contributed by atoms with Crippen molar-refractivity contribution in [3.8, 4) is 0 Å². The van der Waals surface area contributed by atoms with Crippen LogP contribution < -0.4 is 5.32 Å². The summed E-state index contributed by atoms with van der Waals surface area (Å²) in [5, 5.41) is 7.32. The van der Waals surface area contributed by atoms with E-state index in [0.29, 0.717) is 0 Å². The summed E-state index contributed by atoms with van der Waals surface area (Å²) in [6.07, 6.45) is 6.37. The lowest BCUT2D eigenvalue weighted by Gasteiger charge is -2.16. The summed E-state index contributed by atoms with van der Waals surface area (Å²) in [6, 6.07) is 34.6. The second kappa shape index (κ2) is 9.15. The van der Waals surface area contributed by atoms with E-state index >= 15 is 0 Å². The van der Waals surface area contributed by atoms with Crippen molar-refractivity contribution in [1.82, 2.24) is 9.88 Å². The topological polar surface area (TPSA) is 29.3 Å². The van der Waals surface area contributed by atoms with Gasteiger partial charge < -0.3 is 4.57 Å². The van der Waals surface area contributed by atoms with E-state index in [-0.39, 0.29) is 6.17 Å². The molecule has 0 radical (unpaired) electrons. The normalized spacial score (nSPS) is 14.5. The number of hydrogen-bond acceptors (Lipinski definition) is 3. The molecule has 0 spiro atoms. The fourth-order valence-corrected chi connectivity index (χ4v) is 6.92. The molecule has 1 aliphatic carbocycles. The first kappa shape index (κ1) is 22.2. The Morgan fingerprint density at radius 2 is 1.54 bits per heavy atom. The second-order valence-electron chi connectivity index (χ2n) is 9.57. The number of thiophene rings is 1. The number of hydrogen-bond donors (Lipinski definition) is 1. The van der Waals surface area contributed by atoms with E-state index in [9.17, 15) is 0 Å². The van der Waals surface area contributed by atoms with Gasteiger partial charge in [-0.3, -0.25) is 10.3 Å². The van der Waals surface area contributed by atoms with Crippen molar-refractivity contribution < 1.29 is 0 Å². The predicted molar refractivity (Wildman–Crippen MR) is 160 cm³/mol. The summed E-state index contributed by atoms with van der Waals surface area (Å²) in [6.45, 7) is 0. The number of allylic oxidation sites excluding steroid dienone is 1. The fourth-order valence-electron chi connectivity index (χ4n) is 5.67. The molecule has 0 bridgehead atoms. The molecule has 1 aliphatic rings. The quantitative estimate of drug-likeness (QED) is 0.188. The number of fused-ring (bicyclic) bond motifs is 7. The molecule has 6 aromatic rings. The van der Waals surface area contributed by atoms with Crippen LogP contribution in [0.15, 0.2) is 102 Å². The summed E-state index contributed by atoms with van der Waals surface area (Å²) < 4.78 is 5.02. The van der Waals surface area contributed by atoms with Gasteiger partial charge in [-0.05, 0) is 48.7 Å². The number of nitrogens with zero attached hydrogens (tertiary/aromatic N) is 2. The van der Waals surface area contributed by atoms with Crippen molar-refractivity contribution in [2.75, 3.05) is 7.05 Å². The number of aliphatic imine (C=N–C) groups is 1. The molecule has 7 rings (SSSR count). The molecular formula is C33H27N3S. The summed E-state index contributed by atoms with van der Waals surface area (Å²) in [4.78, 5) is 5.06. The highest BCUT2D eigenvalue weighted by molar-refractivity contribution is 7.26. The third-order valence-electron chi connectivity index (χ3n) is 7.47. The van der Waals surface area contributed by atoms with Crippen molar-refractivity contribution in [1.29, 1.82) is 0 Å². The van der Waals surface area contributed by atoms with E-state index < -0.39 is 0 Å². The SMILES string of the molecule is CNC(N=Cn1c2c(c3ccc4c5ccccc5sc4c31)C=C(c1ccccc1)CC2)c1ccccc1. The van der Waals surface area contributed by atoms with E-state index in [1.165, 1.54) is 53.5 Å². The molecule has 0 fully saturated rings. The lowest BCUT2D eigenvalue weighted by Crippen LogP contribution is -2.15. The van der Waals surface area contributed by atoms with Crippen molar-refractivity contribution in [3.05, 3.63) is 119 Å². The smallest absolute Gasteiger partial charge is 0.127 e. The first-order chi connectivity index (χ1) is 18.3. The van der Waals surface area contributed by atoms with Gasteiger partial charge in [0, 0.05) is 32.1 Å². The van der Waals surface area contributed by atoms with Crippen LogP contribution in [-0.4, -0.2) is 18.0 Å². The molecule has 180 valence electrons. The third-order valence-corrected chi connectivity index (χ3v) is 8.66. The molecule has 1 N–H and O–H groups in total. The monoisotopic (exact) mass is 497 g/mol. The molecule has 0 saturated heterocycles. The average Bonchev–Trinajstić information content (AvgIpc) is 3.50. The van der Waals surface area contributed by atoms with Gasteiger partial charge in [-0.2, -0.15) is 0 Å². The minimum Gasteiger partial charge on any atom is -0.302 e. The Bertz CT molecular complexity index is 1810. The number of benzene rings is 4. The van der Waals surface area contributed by atoms with E-state index in [0.717, 1.165) is 18.4 Å². The van der Waals surface area contributed by atoms with Gasteiger partial charge in [-0.25, -0.2) is 0 Å². The molecule has 2 aromatic heterocycles. The van der Waals surface area contributed by atoms with Crippen molar-refractivity contribution in [3.63, 3.8) is 0 Å². The average molecular weight is 498 g/mol. The molecule has 4 heteroatoms. The van der Waals surface area contributed by atoms with E-state index in [1.807, 2.05) is 24.5 Å². The van der Waals surface area contributed by atoms with E-state index in [4.69, 9.17) is 4.99 Å². The van der Waals surface area contributed by atoms with Crippen LogP contribution in [0.4, 0.5) is 0 Å². The molecule has 37 heavy (non-hydrogen) atoms. The van der Waals surface area contributed by atoms with Crippen molar-refractivity contribution in [2.45, 2.75) is 19.0 Å². The largest absolute Gasteiger partial charge is 0.302 e. The van der Waals surface area contributed by atoms with Gasteiger partial charge >= 0.3 is 0 Å². The lowest BCUT2D eigenvalue weighted by molar-refractivity contribution is 0.625. The summed E-state index contributed by atoms with van der Waals surface area (Å²) in [5.74, 6) is 0. The molecule has 1 unspecified atom stereocenters. The maximum absolute atomic E-state index is 5.06. The second-order valence-corrected chi connectivity index (χ2v) is 10.6. The minimum atomic E-state index is -0.102. The highest BCUT2D eigenvalue weighted by Crippen LogP contribution is 2.43. The maximum atomic E-state index is 5.06. The molecule has 0 amide bonds. The van der Waals surface area contributed by atoms with Gasteiger partial charge in [0.25, 0.3) is 0 Å². The Hall–Kier alpha value is -3.99. The molecule has 0 aliphatic heterocycles. The Morgan fingerprint density at radius 3 is 2.35 bits per heavy atom. The van der Waals surface area contributed by atoms with Crippen molar-refractivity contribution in [2.24, 2.45) is 4.99 Å². The van der Waals surface area contributed by atoms with Crippen LogP contribution in [0.1, 0.15) is 35.0 Å². The van der Waals surface area contributed by atoms with Crippen LogP contribution in [0.3, 0.4) is 0 Å². The molecular weight excluding hydrogens is 470 g/mol. The van der Waals surface area contributed by atoms with Gasteiger partial charge in [0.2, 0.25) is 0 Å². The zero-order chi connectivity index (χ0) is 24.8. The van der Waals surface area contributed by atoms with Gasteiger partial charge in [-0.15, -0.1) is 11.3 Å². The third kappa shape index (κ3) is 3.72. The van der Waals surface area contributed by atoms with Crippen LogP contribution >= 0.6 is 11.3 Å². The van der Waals surface area contributed by atoms with Crippen LogP contribution in [0.25, 0.3) is 42.7 Å². The van der Waals surface area contributed by atoms with E-state index in [1.54, 1.807) is 0 Å². The Labute approximate surface area is 220 Å². The maximum Gasteiger partial charge on any atom is 0.127 e. The molecule has 1 atom stereocenters. The van der Waals surface area contributed by atoms with Crippen LogP contribution in [0, 0.1) is 0 Å². The number of aromatic nitrogens is 1. The summed E-state index contributed by atoms with van der Waals surface area (Å²) >= 11 is 1.88. The summed E-state index contributed by atoms with van der Waals surface area (Å²) in [7, 11) is 1.97. The highest BCUT2D eigenvalue weighted by atomic mass is 32.1. The van der Waals surface area contributed by atoms with Gasteiger partial charge in [0.1, 0.15) is 6.17 Å². The fraction of sp³-hybridized carbons (Fsp3) is 0.121. The molecule has 4 aromatic carbocycles. The zero-order valence-electron chi connectivity index (χ0n) is 20.7. The lowest BCUT2D eigenvalue weighted by atomic mass is 9.91. The van der Waals surface area contributed by atoms with Gasteiger partial charge in [0.05, 0.1) is 16.6 Å². The molecule has 3 nitrogen and oxygen atoms in total. The predicted octanol–water partition coefficient (Wildman–Crippen LogP) is 8.29. The minimum absolute atomic E-state index is 0.102. The molecule has 2 heterocycles. The highest BCUT2D eigenvalue weighted by Gasteiger charge is 2.23. The van der Waals surface area contributed by atoms with Crippen LogP contribution in [0.5, 0.6) is 0 Å². The molecule has 0 saturated carbocycles. The Balaban J connectivity index is 1.48. The Morgan fingerprint density at radius 1 is 0.811 bits per heavy atom. The van der Waals surface area contributed by atoms with Crippen molar-refractivity contribution >= 4 is 60.4 Å². The van der Waals surface area contributed by atoms with Crippen LogP contribution in [0.2, 0.25) is 0 Å². The number of rotatable bonds is 5. The first-order valence-electron chi connectivity index (χ1n) is 12.8.